The van der Waals surface area contributed by atoms with Gasteiger partial charge in [0.05, 0.1) is 12.3 Å². The fraction of sp³-hybridized carbons (Fsp3) is 0.611. The highest BCUT2D eigenvalue weighted by Gasteiger charge is 2.09. The maximum Gasteiger partial charge on any atom is 0.191 e. The molecule has 1 aromatic rings. The molecule has 0 aliphatic heterocycles. The van der Waals surface area contributed by atoms with Crippen molar-refractivity contribution >= 4 is 15.8 Å². The zero-order chi connectivity index (χ0) is 18.9. The second-order valence-electron chi connectivity index (χ2n) is 6.72. The molecule has 0 amide bonds. The summed E-state index contributed by atoms with van der Waals surface area (Å²) in [7, 11) is 1.16. The van der Waals surface area contributed by atoms with Crippen molar-refractivity contribution in [1.82, 2.24) is 15.5 Å². The molecule has 1 aromatic carbocycles. The van der Waals surface area contributed by atoms with E-state index in [4.69, 9.17) is 0 Å². The van der Waals surface area contributed by atoms with Crippen molar-refractivity contribution in [2.45, 2.75) is 39.4 Å². The summed E-state index contributed by atoms with van der Waals surface area (Å²) in [4.78, 5) is 6.76. The van der Waals surface area contributed by atoms with Gasteiger partial charge in [0.15, 0.2) is 5.96 Å². The number of nitrogens with one attached hydrogen (secondary N) is 2. The third-order valence-corrected chi connectivity index (χ3v) is 4.54. The Kier molecular flexibility index (Phi) is 8.92. The summed E-state index contributed by atoms with van der Waals surface area (Å²) >= 11 is 0. The Morgan fingerprint density at radius 2 is 1.96 bits per heavy atom. The van der Waals surface area contributed by atoms with Crippen LogP contribution in [0.5, 0.6) is 0 Å². The van der Waals surface area contributed by atoms with E-state index in [0.29, 0.717) is 18.9 Å². The van der Waals surface area contributed by atoms with Gasteiger partial charge in [-0.15, -0.1) is 0 Å². The lowest BCUT2D eigenvalue weighted by Gasteiger charge is -2.17. The van der Waals surface area contributed by atoms with Gasteiger partial charge in [-0.2, -0.15) is 0 Å². The summed E-state index contributed by atoms with van der Waals surface area (Å²) in [6.45, 7) is 6.21. The fourth-order valence-corrected chi connectivity index (χ4v) is 3.16. The van der Waals surface area contributed by atoms with Crippen LogP contribution in [0.4, 0.5) is 0 Å². The van der Waals surface area contributed by atoms with E-state index in [1.165, 1.54) is 11.8 Å². The largest absolute Gasteiger partial charge is 0.357 e. The Balaban J connectivity index is 2.68. The molecule has 0 saturated carbocycles. The monoisotopic (exact) mass is 368 g/mol. The van der Waals surface area contributed by atoms with Gasteiger partial charge in [0.25, 0.3) is 0 Å². The molecule has 1 unspecified atom stereocenters. The van der Waals surface area contributed by atoms with Crippen molar-refractivity contribution in [3.8, 4) is 0 Å². The van der Waals surface area contributed by atoms with Crippen LogP contribution in [0, 0.1) is 0 Å². The SMILES string of the molecule is CCNC(=NCc1cccc(CN(C)C)c1)NC(C)CCS(C)(=O)=O. The highest BCUT2D eigenvalue weighted by molar-refractivity contribution is 7.90. The van der Waals surface area contributed by atoms with E-state index in [1.54, 1.807) is 0 Å². The quantitative estimate of drug-likeness (QED) is 0.512. The Bertz CT molecular complexity index is 657. The molecule has 142 valence electrons. The Morgan fingerprint density at radius 1 is 1.28 bits per heavy atom. The lowest BCUT2D eigenvalue weighted by Crippen LogP contribution is -2.42. The average molecular weight is 369 g/mol. The number of sulfone groups is 1. The van der Waals surface area contributed by atoms with E-state index in [1.807, 2.05) is 13.8 Å². The maximum absolute atomic E-state index is 11.3. The van der Waals surface area contributed by atoms with Crippen molar-refractivity contribution in [1.29, 1.82) is 0 Å². The zero-order valence-corrected chi connectivity index (χ0v) is 16.9. The molecule has 1 atom stereocenters. The predicted octanol–water partition coefficient (Wildman–Crippen LogP) is 1.63. The van der Waals surface area contributed by atoms with Crippen molar-refractivity contribution in [2.24, 2.45) is 4.99 Å². The van der Waals surface area contributed by atoms with E-state index < -0.39 is 9.84 Å². The van der Waals surface area contributed by atoms with Crippen LogP contribution in [0.25, 0.3) is 0 Å². The van der Waals surface area contributed by atoms with Gasteiger partial charge in [0.2, 0.25) is 0 Å². The first-order valence-electron chi connectivity index (χ1n) is 8.64. The normalized spacial score (nSPS) is 13.8. The third-order valence-electron chi connectivity index (χ3n) is 3.56. The van der Waals surface area contributed by atoms with Crippen LogP contribution in [0.15, 0.2) is 29.3 Å². The van der Waals surface area contributed by atoms with Crippen LogP contribution in [-0.2, 0) is 22.9 Å². The predicted molar refractivity (Wildman–Crippen MR) is 106 cm³/mol. The lowest BCUT2D eigenvalue weighted by atomic mass is 10.1. The highest BCUT2D eigenvalue weighted by atomic mass is 32.2. The molecule has 0 bridgehead atoms. The average Bonchev–Trinajstić information content (AvgIpc) is 2.50. The highest BCUT2D eigenvalue weighted by Crippen LogP contribution is 2.08. The maximum atomic E-state index is 11.3. The molecular weight excluding hydrogens is 336 g/mol. The second kappa shape index (κ2) is 10.4. The van der Waals surface area contributed by atoms with E-state index in [-0.39, 0.29) is 11.8 Å². The molecule has 0 aromatic heterocycles. The smallest absolute Gasteiger partial charge is 0.191 e. The van der Waals surface area contributed by atoms with Crippen LogP contribution in [0.1, 0.15) is 31.4 Å². The van der Waals surface area contributed by atoms with Crippen molar-refractivity contribution < 1.29 is 8.42 Å². The van der Waals surface area contributed by atoms with Crippen LogP contribution in [-0.4, -0.2) is 58.0 Å². The van der Waals surface area contributed by atoms with Gasteiger partial charge < -0.3 is 15.5 Å². The summed E-state index contributed by atoms with van der Waals surface area (Å²) in [5, 5.41) is 6.48. The lowest BCUT2D eigenvalue weighted by molar-refractivity contribution is 0.402. The third kappa shape index (κ3) is 10.1. The first kappa shape index (κ1) is 21.4. The molecular formula is C18H32N4O2S. The van der Waals surface area contributed by atoms with Gasteiger partial charge in [-0.05, 0) is 45.5 Å². The van der Waals surface area contributed by atoms with E-state index in [9.17, 15) is 8.42 Å². The molecule has 1 rings (SSSR count). The summed E-state index contributed by atoms with van der Waals surface area (Å²) in [6, 6.07) is 8.44. The van der Waals surface area contributed by atoms with Crippen molar-refractivity contribution in [3.63, 3.8) is 0 Å². The van der Waals surface area contributed by atoms with Gasteiger partial charge in [-0.25, -0.2) is 13.4 Å². The van der Waals surface area contributed by atoms with Gasteiger partial charge in [-0.1, -0.05) is 24.3 Å². The number of hydrogen-bond donors (Lipinski definition) is 2. The Hall–Kier alpha value is -1.60. The van der Waals surface area contributed by atoms with Crippen LogP contribution in [0.3, 0.4) is 0 Å². The fourth-order valence-electron chi connectivity index (χ4n) is 2.38. The Morgan fingerprint density at radius 3 is 2.56 bits per heavy atom. The number of nitrogens with zero attached hydrogens (tertiary/aromatic N) is 2. The minimum atomic E-state index is -2.94. The van der Waals surface area contributed by atoms with Gasteiger partial charge in [0.1, 0.15) is 9.84 Å². The van der Waals surface area contributed by atoms with Gasteiger partial charge in [0, 0.05) is 25.4 Å². The van der Waals surface area contributed by atoms with E-state index >= 15 is 0 Å². The standard InChI is InChI=1S/C18H32N4O2S/c1-6-19-18(21-15(2)10-11-25(5,23)24)20-13-16-8-7-9-17(12-16)14-22(3)4/h7-9,12,15H,6,10-11,13-14H2,1-5H3,(H2,19,20,21). The minimum Gasteiger partial charge on any atom is -0.357 e. The number of aliphatic imine (C=N–C) groups is 1. The molecule has 0 radical (unpaired) electrons. The molecule has 0 aliphatic rings. The molecule has 0 fully saturated rings. The Labute approximate surface area is 152 Å². The molecule has 2 N–H and O–H groups in total. The summed E-state index contributed by atoms with van der Waals surface area (Å²) in [5.41, 5.74) is 2.41. The summed E-state index contributed by atoms with van der Waals surface area (Å²) in [6.07, 6.45) is 1.82. The van der Waals surface area contributed by atoms with Crippen LogP contribution >= 0.6 is 0 Å². The summed E-state index contributed by atoms with van der Waals surface area (Å²) in [5.74, 6) is 0.883. The molecule has 6 nitrogen and oxygen atoms in total. The number of hydrogen-bond acceptors (Lipinski definition) is 4. The molecule has 0 aliphatic carbocycles. The topological polar surface area (TPSA) is 73.8 Å². The van der Waals surface area contributed by atoms with E-state index in [2.05, 4.69) is 58.9 Å². The van der Waals surface area contributed by atoms with Crippen LogP contribution in [0.2, 0.25) is 0 Å². The number of benzene rings is 1. The van der Waals surface area contributed by atoms with Crippen molar-refractivity contribution in [2.75, 3.05) is 32.6 Å². The molecule has 0 heterocycles. The minimum absolute atomic E-state index is 0.0348. The van der Waals surface area contributed by atoms with Crippen molar-refractivity contribution in [3.05, 3.63) is 35.4 Å². The molecule has 7 heteroatoms. The summed E-state index contributed by atoms with van der Waals surface area (Å²) < 4.78 is 22.6. The number of rotatable bonds is 9. The molecule has 0 saturated heterocycles. The molecule has 25 heavy (non-hydrogen) atoms. The molecule has 0 spiro atoms. The van der Waals surface area contributed by atoms with E-state index in [0.717, 1.165) is 18.7 Å². The zero-order valence-electron chi connectivity index (χ0n) is 16.0. The van der Waals surface area contributed by atoms with Gasteiger partial charge in [-0.3, -0.25) is 0 Å². The first-order chi connectivity index (χ1) is 11.7. The first-order valence-corrected chi connectivity index (χ1v) is 10.7. The second-order valence-corrected chi connectivity index (χ2v) is 8.98. The number of guanidine groups is 1. The van der Waals surface area contributed by atoms with Crippen LogP contribution < -0.4 is 10.6 Å². The van der Waals surface area contributed by atoms with Gasteiger partial charge >= 0.3 is 0 Å².